The number of halogens is 1. The topological polar surface area (TPSA) is 63.7 Å². The molecule has 1 aromatic carbocycles. The molecule has 0 saturated carbocycles. The maximum atomic E-state index is 13.7. The van der Waals surface area contributed by atoms with Gasteiger partial charge in [-0.25, -0.2) is 9.37 Å². The van der Waals surface area contributed by atoms with Crippen LogP contribution in [0, 0.1) is 5.82 Å². The van der Waals surface area contributed by atoms with Crippen molar-refractivity contribution >= 4 is 17.4 Å². The number of nitrogens with zero attached hydrogens (tertiary/aromatic N) is 2. The van der Waals surface area contributed by atoms with Crippen molar-refractivity contribution in [2.24, 2.45) is 0 Å². The number of benzene rings is 1. The number of carbonyl (C=O) groups excluding carboxylic acids is 1. The van der Waals surface area contributed by atoms with E-state index < -0.39 is 0 Å². The van der Waals surface area contributed by atoms with Gasteiger partial charge in [0.25, 0.3) is 5.91 Å². The van der Waals surface area contributed by atoms with Crippen LogP contribution in [0.1, 0.15) is 18.5 Å². The van der Waals surface area contributed by atoms with Crippen LogP contribution in [0.5, 0.6) is 5.75 Å². The van der Waals surface area contributed by atoms with Crippen molar-refractivity contribution in [3.05, 3.63) is 47.9 Å². The molecule has 1 fully saturated rings. The van der Waals surface area contributed by atoms with E-state index in [9.17, 15) is 9.18 Å². The van der Waals surface area contributed by atoms with Crippen molar-refractivity contribution in [3.8, 4) is 5.75 Å². The first kappa shape index (κ1) is 15.8. The predicted molar refractivity (Wildman–Crippen MR) is 90.3 cm³/mol. The molecular weight excluding hydrogens is 325 g/mol. The summed E-state index contributed by atoms with van der Waals surface area (Å²) in [6.07, 6.45) is 1.63. The average molecular weight is 343 g/mol. The Morgan fingerprint density at radius 3 is 3.08 bits per heavy atom. The third kappa shape index (κ3) is 3.15. The third-order valence-electron chi connectivity index (χ3n) is 4.38. The van der Waals surface area contributed by atoms with E-state index in [2.05, 4.69) is 15.2 Å². The molecule has 2 aliphatic heterocycles. The van der Waals surface area contributed by atoms with Crippen LogP contribution in [0.15, 0.2) is 36.5 Å². The quantitative estimate of drug-likeness (QED) is 0.908. The summed E-state index contributed by atoms with van der Waals surface area (Å²) in [5.74, 6) is 0.762. The largest absolute Gasteiger partial charge is 0.480 e. The van der Waals surface area contributed by atoms with Gasteiger partial charge in [-0.2, -0.15) is 0 Å². The number of anilines is 2. The van der Waals surface area contributed by atoms with E-state index in [1.165, 1.54) is 12.1 Å². The lowest BCUT2D eigenvalue weighted by atomic mass is 10.0. The van der Waals surface area contributed by atoms with Crippen LogP contribution in [-0.2, 0) is 9.53 Å². The Balaban J connectivity index is 1.70. The summed E-state index contributed by atoms with van der Waals surface area (Å²) in [5, 5.41) is 2.79. The van der Waals surface area contributed by atoms with E-state index in [4.69, 9.17) is 9.47 Å². The minimum atomic E-state index is -0.282. The van der Waals surface area contributed by atoms with Crippen molar-refractivity contribution in [1.82, 2.24) is 4.98 Å². The van der Waals surface area contributed by atoms with Gasteiger partial charge in [-0.1, -0.05) is 12.1 Å². The number of nitrogens with one attached hydrogen (secondary N) is 1. The fraction of sp³-hybridized carbons (Fsp3) is 0.333. The van der Waals surface area contributed by atoms with E-state index in [0.717, 1.165) is 5.56 Å². The van der Waals surface area contributed by atoms with Crippen molar-refractivity contribution in [3.63, 3.8) is 0 Å². The Morgan fingerprint density at radius 2 is 2.24 bits per heavy atom. The molecule has 0 radical (unpaired) electrons. The van der Waals surface area contributed by atoms with Gasteiger partial charge in [0, 0.05) is 12.6 Å². The van der Waals surface area contributed by atoms with Crippen molar-refractivity contribution in [2.45, 2.75) is 19.1 Å². The standard InChI is InChI=1S/C18H18FN3O3/c1-11-8-22(15(9-24-11)12-3-2-4-13(19)5-12)17-6-14-16(7-20-17)25-10-18(23)21-14/h2-7,11,15H,8-10H2,1H3,(H,21,23)/t11-,15+/m1/s1. The number of pyridine rings is 1. The molecule has 1 amide bonds. The minimum Gasteiger partial charge on any atom is -0.480 e. The summed E-state index contributed by atoms with van der Waals surface area (Å²) < 4.78 is 24.8. The van der Waals surface area contributed by atoms with Gasteiger partial charge < -0.3 is 19.7 Å². The van der Waals surface area contributed by atoms with Gasteiger partial charge >= 0.3 is 0 Å². The first-order valence-corrected chi connectivity index (χ1v) is 8.16. The van der Waals surface area contributed by atoms with E-state index in [1.807, 2.05) is 13.0 Å². The second kappa shape index (κ2) is 6.33. The second-order valence-corrected chi connectivity index (χ2v) is 6.24. The summed E-state index contributed by atoms with van der Waals surface area (Å²) in [5.41, 5.74) is 1.42. The molecule has 6 nitrogen and oxygen atoms in total. The molecule has 2 atom stereocenters. The normalized spacial score (nSPS) is 22.8. The molecule has 0 spiro atoms. The first-order chi connectivity index (χ1) is 12.1. The van der Waals surface area contributed by atoms with Gasteiger partial charge in [0.1, 0.15) is 11.6 Å². The summed E-state index contributed by atoms with van der Waals surface area (Å²) in [7, 11) is 0. The molecule has 1 N–H and O–H groups in total. The maximum absolute atomic E-state index is 13.7. The number of rotatable bonds is 2. The number of hydrogen-bond acceptors (Lipinski definition) is 5. The zero-order chi connectivity index (χ0) is 17.4. The van der Waals surface area contributed by atoms with Gasteiger partial charge in [-0.05, 0) is 24.6 Å². The number of amides is 1. The molecule has 3 heterocycles. The van der Waals surface area contributed by atoms with Gasteiger partial charge in [-0.15, -0.1) is 0 Å². The number of fused-ring (bicyclic) bond motifs is 1. The van der Waals surface area contributed by atoms with Gasteiger partial charge in [0.2, 0.25) is 0 Å². The number of morpholine rings is 1. The highest BCUT2D eigenvalue weighted by Crippen LogP contribution is 2.35. The maximum Gasteiger partial charge on any atom is 0.262 e. The SMILES string of the molecule is C[C@@H]1CN(c2cc3c(cn2)OCC(=O)N3)[C@H](c2cccc(F)c2)CO1. The molecule has 0 aliphatic carbocycles. The smallest absolute Gasteiger partial charge is 0.262 e. The lowest BCUT2D eigenvalue weighted by Crippen LogP contribution is -2.44. The van der Waals surface area contributed by atoms with Crippen LogP contribution >= 0.6 is 0 Å². The highest BCUT2D eigenvalue weighted by molar-refractivity contribution is 5.95. The molecule has 7 heteroatoms. The third-order valence-corrected chi connectivity index (χ3v) is 4.38. The second-order valence-electron chi connectivity index (χ2n) is 6.24. The molecule has 1 saturated heterocycles. The van der Waals surface area contributed by atoms with Crippen LogP contribution in [0.3, 0.4) is 0 Å². The van der Waals surface area contributed by atoms with E-state index in [0.29, 0.717) is 30.4 Å². The fourth-order valence-corrected chi connectivity index (χ4v) is 3.18. The van der Waals surface area contributed by atoms with Crippen LogP contribution < -0.4 is 15.0 Å². The molecule has 0 bridgehead atoms. The van der Waals surface area contributed by atoms with Crippen molar-refractivity contribution in [2.75, 3.05) is 30.0 Å². The van der Waals surface area contributed by atoms with Crippen LogP contribution in [0.25, 0.3) is 0 Å². The highest BCUT2D eigenvalue weighted by atomic mass is 19.1. The van der Waals surface area contributed by atoms with Crippen LogP contribution in [0.2, 0.25) is 0 Å². The first-order valence-electron chi connectivity index (χ1n) is 8.16. The Labute approximate surface area is 144 Å². The van der Waals surface area contributed by atoms with E-state index in [-0.39, 0.29) is 30.5 Å². The molecule has 2 aliphatic rings. The van der Waals surface area contributed by atoms with Gasteiger partial charge in [-0.3, -0.25) is 4.79 Å². The summed E-state index contributed by atoms with van der Waals surface area (Å²) in [6, 6.07) is 8.14. The zero-order valence-corrected chi connectivity index (χ0v) is 13.7. The van der Waals surface area contributed by atoms with E-state index >= 15 is 0 Å². The Bertz CT molecular complexity index is 814. The summed E-state index contributed by atoms with van der Waals surface area (Å²) >= 11 is 0. The number of ether oxygens (including phenoxy) is 2. The van der Waals surface area contributed by atoms with Crippen LogP contribution in [-0.4, -0.2) is 36.8 Å². The summed E-state index contributed by atoms with van der Waals surface area (Å²) in [6.45, 7) is 3.03. The van der Waals surface area contributed by atoms with E-state index in [1.54, 1.807) is 18.3 Å². The van der Waals surface area contributed by atoms with Crippen molar-refractivity contribution < 1.29 is 18.7 Å². The molecule has 0 unspecified atom stereocenters. The Morgan fingerprint density at radius 1 is 1.36 bits per heavy atom. The van der Waals surface area contributed by atoms with Gasteiger partial charge in [0.15, 0.2) is 12.4 Å². The zero-order valence-electron chi connectivity index (χ0n) is 13.7. The highest BCUT2D eigenvalue weighted by Gasteiger charge is 2.30. The fourth-order valence-electron chi connectivity index (χ4n) is 3.18. The van der Waals surface area contributed by atoms with Crippen LogP contribution in [0.4, 0.5) is 15.9 Å². The predicted octanol–water partition coefficient (Wildman–Crippen LogP) is 2.52. The number of carbonyl (C=O) groups is 1. The molecular formula is C18H18FN3O3. The molecule has 25 heavy (non-hydrogen) atoms. The molecule has 2 aromatic rings. The van der Waals surface area contributed by atoms with Crippen molar-refractivity contribution in [1.29, 1.82) is 0 Å². The lowest BCUT2D eigenvalue weighted by Gasteiger charge is -2.40. The monoisotopic (exact) mass is 343 g/mol. The molecule has 130 valence electrons. The number of hydrogen-bond donors (Lipinski definition) is 1. The average Bonchev–Trinajstić information content (AvgIpc) is 2.61. The van der Waals surface area contributed by atoms with Gasteiger partial charge in [0.05, 0.1) is 30.6 Å². The molecule has 1 aromatic heterocycles. The number of aromatic nitrogens is 1. The Hall–Kier alpha value is -2.67. The lowest BCUT2D eigenvalue weighted by molar-refractivity contribution is -0.118. The Kier molecular flexibility index (Phi) is 4.01. The molecule has 4 rings (SSSR count). The summed E-state index contributed by atoms with van der Waals surface area (Å²) in [4.78, 5) is 18.1. The minimum absolute atomic E-state index is 0.00542.